The maximum absolute atomic E-state index is 5.71. The van der Waals surface area contributed by atoms with Crippen molar-refractivity contribution in [1.29, 1.82) is 0 Å². The molecule has 0 amide bonds. The van der Waals surface area contributed by atoms with Gasteiger partial charge in [-0.2, -0.15) is 0 Å². The zero-order valence-corrected chi connectivity index (χ0v) is 11.8. The van der Waals surface area contributed by atoms with Crippen molar-refractivity contribution < 1.29 is 4.74 Å². The van der Waals surface area contributed by atoms with Crippen LogP contribution in [0.5, 0.6) is 0 Å². The van der Waals surface area contributed by atoms with E-state index in [0.29, 0.717) is 5.13 Å². The summed E-state index contributed by atoms with van der Waals surface area (Å²) in [7, 11) is 3.84. The van der Waals surface area contributed by atoms with Crippen molar-refractivity contribution in [3.63, 3.8) is 0 Å². The number of thiazole rings is 1. The van der Waals surface area contributed by atoms with Gasteiger partial charge in [-0.1, -0.05) is 17.4 Å². The molecule has 0 saturated carbocycles. The lowest BCUT2D eigenvalue weighted by Crippen LogP contribution is -2.28. The molecule has 0 radical (unpaired) electrons. The molecule has 0 bridgehead atoms. The van der Waals surface area contributed by atoms with Crippen molar-refractivity contribution >= 4 is 26.7 Å². The lowest BCUT2D eigenvalue weighted by Gasteiger charge is -2.20. The maximum Gasteiger partial charge on any atom is 0.181 e. The number of anilines is 1. The standard InChI is InChI=1S/C13H19N3OS/c1-9(17-3)7-16(2)8-10-4-5-11-12(6-10)18-13(14)15-11/h4-6,9H,7-8H2,1-3H3,(H2,14,15). The fraction of sp³-hybridized carbons (Fsp3) is 0.462. The molecule has 0 aliphatic rings. The molecule has 4 nitrogen and oxygen atoms in total. The number of benzene rings is 1. The number of fused-ring (bicyclic) bond motifs is 1. The van der Waals surface area contributed by atoms with E-state index >= 15 is 0 Å². The molecule has 0 aliphatic carbocycles. The van der Waals surface area contributed by atoms with Gasteiger partial charge < -0.3 is 10.5 Å². The molecule has 0 fully saturated rings. The van der Waals surface area contributed by atoms with E-state index in [4.69, 9.17) is 10.5 Å². The Bertz CT molecular complexity index is 526. The molecule has 98 valence electrons. The number of aromatic nitrogens is 1. The molecule has 1 heterocycles. The van der Waals surface area contributed by atoms with E-state index in [1.807, 2.05) is 6.07 Å². The van der Waals surface area contributed by atoms with E-state index < -0.39 is 0 Å². The predicted octanol–water partition coefficient (Wildman–Crippen LogP) is 2.35. The third-order valence-corrected chi connectivity index (χ3v) is 3.74. The molecule has 2 N–H and O–H groups in total. The van der Waals surface area contributed by atoms with Crippen LogP contribution in [0.1, 0.15) is 12.5 Å². The van der Waals surface area contributed by atoms with E-state index in [1.54, 1.807) is 7.11 Å². The van der Waals surface area contributed by atoms with Crippen LogP contribution in [0.2, 0.25) is 0 Å². The Morgan fingerprint density at radius 1 is 1.50 bits per heavy atom. The van der Waals surface area contributed by atoms with Crippen LogP contribution < -0.4 is 5.73 Å². The molecular weight excluding hydrogens is 246 g/mol. The SMILES string of the molecule is COC(C)CN(C)Cc1ccc2nc(N)sc2c1. The number of nitrogen functional groups attached to an aromatic ring is 1. The first-order valence-corrected chi connectivity index (χ1v) is 6.76. The predicted molar refractivity (Wildman–Crippen MR) is 76.8 cm³/mol. The average Bonchev–Trinajstić information content (AvgIpc) is 2.68. The summed E-state index contributed by atoms with van der Waals surface area (Å²) < 4.78 is 6.42. The fourth-order valence-electron chi connectivity index (χ4n) is 1.97. The highest BCUT2D eigenvalue weighted by Gasteiger charge is 2.07. The first kappa shape index (κ1) is 13.3. The number of likely N-dealkylation sites (N-methyl/N-ethyl adjacent to an activating group) is 1. The summed E-state index contributed by atoms with van der Waals surface area (Å²) in [6.07, 6.45) is 0.248. The molecule has 5 heteroatoms. The van der Waals surface area contributed by atoms with E-state index in [0.717, 1.165) is 23.3 Å². The number of nitrogens with two attached hydrogens (primary N) is 1. The summed E-state index contributed by atoms with van der Waals surface area (Å²) in [5, 5.41) is 0.628. The van der Waals surface area contributed by atoms with Gasteiger partial charge >= 0.3 is 0 Å². The normalized spacial score (nSPS) is 13.3. The zero-order valence-electron chi connectivity index (χ0n) is 11.0. The summed E-state index contributed by atoms with van der Waals surface area (Å²) in [6.45, 7) is 3.89. The Kier molecular flexibility index (Phi) is 4.16. The van der Waals surface area contributed by atoms with Crippen LogP contribution in [0.25, 0.3) is 10.2 Å². The minimum absolute atomic E-state index is 0.248. The number of nitrogens with zero attached hydrogens (tertiary/aromatic N) is 2. The van der Waals surface area contributed by atoms with Crippen molar-refractivity contribution in [2.45, 2.75) is 19.6 Å². The topological polar surface area (TPSA) is 51.4 Å². The second kappa shape index (κ2) is 5.65. The lowest BCUT2D eigenvalue weighted by atomic mass is 10.2. The first-order chi connectivity index (χ1) is 8.58. The first-order valence-electron chi connectivity index (χ1n) is 5.94. The van der Waals surface area contributed by atoms with Crippen LogP contribution in [-0.4, -0.2) is 36.7 Å². The second-order valence-corrected chi connectivity index (χ2v) is 5.66. The zero-order chi connectivity index (χ0) is 13.1. The Labute approximate surface area is 111 Å². The summed E-state index contributed by atoms with van der Waals surface area (Å²) in [6, 6.07) is 6.30. The van der Waals surface area contributed by atoms with Gasteiger partial charge in [-0.25, -0.2) is 4.98 Å². The van der Waals surface area contributed by atoms with E-state index in [2.05, 4.69) is 36.0 Å². The van der Waals surface area contributed by atoms with Gasteiger partial charge in [0.15, 0.2) is 5.13 Å². The van der Waals surface area contributed by atoms with E-state index in [9.17, 15) is 0 Å². The number of methoxy groups -OCH3 is 1. The molecule has 1 unspecified atom stereocenters. The van der Waals surface area contributed by atoms with Crippen molar-refractivity contribution in [3.8, 4) is 0 Å². The fourth-order valence-corrected chi connectivity index (χ4v) is 2.77. The van der Waals surface area contributed by atoms with Gasteiger partial charge in [-0.15, -0.1) is 0 Å². The highest BCUT2D eigenvalue weighted by atomic mass is 32.1. The summed E-state index contributed by atoms with van der Waals surface area (Å²) >= 11 is 1.54. The smallest absolute Gasteiger partial charge is 0.181 e. The van der Waals surface area contributed by atoms with Crippen LogP contribution in [0.4, 0.5) is 5.13 Å². The van der Waals surface area contributed by atoms with Crippen LogP contribution in [-0.2, 0) is 11.3 Å². The lowest BCUT2D eigenvalue weighted by molar-refractivity contribution is 0.0837. The van der Waals surface area contributed by atoms with Crippen molar-refractivity contribution in [2.75, 3.05) is 26.4 Å². The molecule has 0 aliphatic heterocycles. The van der Waals surface area contributed by atoms with Crippen molar-refractivity contribution in [1.82, 2.24) is 9.88 Å². The van der Waals surface area contributed by atoms with Gasteiger partial charge in [-0.05, 0) is 31.7 Å². The van der Waals surface area contributed by atoms with Crippen LogP contribution in [0.3, 0.4) is 0 Å². The molecule has 1 atom stereocenters. The van der Waals surface area contributed by atoms with Crippen molar-refractivity contribution in [2.24, 2.45) is 0 Å². The molecule has 2 aromatic rings. The quantitative estimate of drug-likeness (QED) is 0.901. The molecule has 0 spiro atoms. The Morgan fingerprint density at radius 2 is 2.28 bits per heavy atom. The number of hydrogen-bond acceptors (Lipinski definition) is 5. The number of hydrogen-bond donors (Lipinski definition) is 1. The van der Waals surface area contributed by atoms with E-state index in [1.165, 1.54) is 16.9 Å². The van der Waals surface area contributed by atoms with Gasteiger partial charge in [0, 0.05) is 20.2 Å². The van der Waals surface area contributed by atoms with Crippen LogP contribution >= 0.6 is 11.3 Å². The summed E-state index contributed by atoms with van der Waals surface area (Å²) in [4.78, 5) is 6.51. The maximum atomic E-state index is 5.71. The highest BCUT2D eigenvalue weighted by molar-refractivity contribution is 7.22. The summed E-state index contributed by atoms with van der Waals surface area (Å²) in [5.74, 6) is 0. The largest absolute Gasteiger partial charge is 0.380 e. The van der Waals surface area contributed by atoms with Gasteiger partial charge in [0.1, 0.15) is 0 Å². The van der Waals surface area contributed by atoms with Crippen molar-refractivity contribution in [3.05, 3.63) is 23.8 Å². The van der Waals surface area contributed by atoms with Gasteiger partial charge in [0.2, 0.25) is 0 Å². The van der Waals surface area contributed by atoms with Gasteiger partial charge in [-0.3, -0.25) is 4.90 Å². The third kappa shape index (κ3) is 3.19. The monoisotopic (exact) mass is 265 g/mol. The molecular formula is C13H19N3OS. The molecule has 18 heavy (non-hydrogen) atoms. The molecule has 2 rings (SSSR count). The van der Waals surface area contributed by atoms with E-state index in [-0.39, 0.29) is 6.10 Å². The minimum Gasteiger partial charge on any atom is -0.380 e. The van der Waals surface area contributed by atoms with Crippen LogP contribution in [0, 0.1) is 0 Å². The number of ether oxygens (including phenoxy) is 1. The molecule has 1 aromatic carbocycles. The Morgan fingerprint density at radius 3 is 3.00 bits per heavy atom. The van der Waals surface area contributed by atoms with Gasteiger partial charge in [0.05, 0.1) is 16.3 Å². The molecule has 0 saturated heterocycles. The highest BCUT2D eigenvalue weighted by Crippen LogP contribution is 2.24. The second-order valence-electron chi connectivity index (χ2n) is 4.60. The summed E-state index contributed by atoms with van der Waals surface area (Å²) in [5.41, 5.74) is 7.96. The number of rotatable bonds is 5. The Balaban J connectivity index is 2.07. The minimum atomic E-state index is 0.248. The van der Waals surface area contributed by atoms with Gasteiger partial charge in [0.25, 0.3) is 0 Å². The Hall–Kier alpha value is -1.17. The average molecular weight is 265 g/mol. The molecule has 1 aromatic heterocycles. The van der Waals surface area contributed by atoms with Crippen LogP contribution in [0.15, 0.2) is 18.2 Å². The third-order valence-electron chi connectivity index (χ3n) is 2.89.